The van der Waals surface area contributed by atoms with Crippen LogP contribution in [0.2, 0.25) is 5.02 Å². The Kier molecular flexibility index (Phi) is 6.22. The van der Waals surface area contributed by atoms with Gasteiger partial charge in [0.2, 0.25) is 0 Å². The SMILES string of the molecule is Cc1ccccc1N1CCN(C2CCCN(CC3=Cc4cc(Cl)ccc4OC3)C2)CC1. The Morgan fingerprint density at radius 2 is 1.87 bits per heavy atom. The largest absolute Gasteiger partial charge is 0.489 e. The summed E-state index contributed by atoms with van der Waals surface area (Å²) in [5.74, 6) is 0.941. The maximum atomic E-state index is 6.18. The Bertz CT molecular complexity index is 951. The Morgan fingerprint density at radius 3 is 2.71 bits per heavy atom. The Hall–Kier alpha value is -2.01. The Labute approximate surface area is 191 Å². The van der Waals surface area contributed by atoms with Gasteiger partial charge in [0.05, 0.1) is 0 Å². The Morgan fingerprint density at radius 1 is 1.03 bits per heavy atom. The number of nitrogens with zero attached hydrogens (tertiary/aromatic N) is 3. The summed E-state index contributed by atoms with van der Waals surface area (Å²) in [5, 5.41) is 0.766. The minimum atomic E-state index is 0.666. The number of para-hydroxylation sites is 1. The highest BCUT2D eigenvalue weighted by Crippen LogP contribution is 2.30. The summed E-state index contributed by atoms with van der Waals surface area (Å²) >= 11 is 6.18. The molecule has 3 aliphatic heterocycles. The fourth-order valence-electron chi connectivity index (χ4n) is 5.29. The molecule has 0 radical (unpaired) electrons. The number of fused-ring (bicyclic) bond motifs is 1. The van der Waals surface area contributed by atoms with E-state index in [1.807, 2.05) is 18.2 Å². The van der Waals surface area contributed by atoms with Crippen LogP contribution in [0.3, 0.4) is 0 Å². The van der Waals surface area contributed by atoms with Crippen LogP contribution in [0.15, 0.2) is 48.0 Å². The van der Waals surface area contributed by atoms with Crippen molar-refractivity contribution in [3.8, 4) is 5.75 Å². The van der Waals surface area contributed by atoms with Gasteiger partial charge in [-0.2, -0.15) is 0 Å². The number of aryl methyl sites for hydroxylation is 1. The molecule has 0 N–H and O–H groups in total. The zero-order chi connectivity index (χ0) is 21.2. The minimum absolute atomic E-state index is 0.666. The van der Waals surface area contributed by atoms with Crippen LogP contribution >= 0.6 is 11.6 Å². The molecular formula is C26H32ClN3O. The van der Waals surface area contributed by atoms with Gasteiger partial charge in [-0.3, -0.25) is 9.80 Å². The van der Waals surface area contributed by atoms with Crippen molar-refractivity contribution in [2.24, 2.45) is 0 Å². The molecule has 164 valence electrons. The highest BCUT2D eigenvalue weighted by Gasteiger charge is 2.29. The highest BCUT2D eigenvalue weighted by atomic mass is 35.5. The quantitative estimate of drug-likeness (QED) is 0.689. The number of hydrogen-bond donors (Lipinski definition) is 0. The standard InChI is InChI=1S/C26H32ClN3O/c1-20-5-2-3-7-25(20)30-13-11-29(12-14-30)24-6-4-10-28(18-24)17-21-15-22-16-23(27)8-9-26(22)31-19-21/h2-3,5,7-9,15-16,24H,4,6,10-14,17-19H2,1H3. The van der Waals surface area contributed by atoms with Gasteiger partial charge in [0.15, 0.2) is 0 Å². The molecule has 5 rings (SSSR count). The third kappa shape index (κ3) is 4.77. The predicted octanol–water partition coefficient (Wildman–Crippen LogP) is 4.71. The van der Waals surface area contributed by atoms with E-state index in [1.165, 1.54) is 36.2 Å². The normalized spacial score (nSPS) is 22.6. The van der Waals surface area contributed by atoms with Crippen molar-refractivity contribution in [1.29, 1.82) is 0 Å². The van der Waals surface area contributed by atoms with Crippen LogP contribution in [0.1, 0.15) is 24.0 Å². The molecule has 2 aromatic carbocycles. The second-order valence-corrected chi connectivity index (χ2v) is 9.55. The lowest BCUT2D eigenvalue weighted by molar-refractivity contribution is 0.0964. The number of benzene rings is 2. The molecule has 0 bridgehead atoms. The number of hydrogen-bond acceptors (Lipinski definition) is 4. The van der Waals surface area contributed by atoms with Crippen molar-refractivity contribution in [2.75, 3.05) is 57.3 Å². The van der Waals surface area contributed by atoms with Crippen LogP contribution in [-0.4, -0.2) is 68.3 Å². The molecule has 31 heavy (non-hydrogen) atoms. The molecule has 2 fully saturated rings. The van der Waals surface area contributed by atoms with E-state index in [9.17, 15) is 0 Å². The van der Waals surface area contributed by atoms with Gasteiger partial charge in [0.1, 0.15) is 12.4 Å². The van der Waals surface area contributed by atoms with Crippen molar-refractivity contribution in [2.45, 2.75) is 25.8 Å². The molecule has 0 aromatic heterocycles. The molecular weight excluding hydrogens is 406 g/mol. The molecule has 4 nitrogen and oxygen atoms in total. The second-order valence-electron chi connectivity index (χ2n) is 9.11. The lowest BCUT2D eigenvalue weighted by Crippen LogP contribution is -2.55. The lowest BCUT2D eigenvalue weighted by Gasteiger charge is -2.44. The monoisotopic (exact) mass is 437 g/mol. The molecule has 1 atom stereocenters. The zero-order valence-corrected chi connectivity index (χ0v) is 19.2. The van der Waals surface area contributed by atoms with Crippen molar-refractivity contribution in [1.82, 2.24) is 9.80 Å². The highest BCUT2D eigenvalue weighted by molar-refractivity contribution is 6.30. The Balaban J connectivity index is 1.17. The van der Waals surface area contributed by atoms with Gasteiger partial charge in [-0.15, -0.1) is 0 Å². The van der Waals surface area contributed by atoms with Crippen LogP contribution in [-0.2, 0) is 0 Å². The average Bonchev–Trinajstić information content (AvgIpc) is 2.79. The molecule has 3 aliphatic rings. The van der Waals surface area contributed by atoms with Gasteiger partial charge in [-0.05, 0) is 67.8 Å². The number of anilines is 1. The smallest absolute Gasteiger partial charge is 0.127 e. The van der Waals surface area contributed by atoms with Crippen molar-refractivity contribution in [3.05, 3.63) is 64.2 Å². The number of piperazine rings is 1. The summed E-state index contributed by atoms with van der Waals surface area (Å²) in [7, 11) is 0. The van der Waals surface area contributed by atoms with E-state index in [0.29, 0.717) is 12.6 Å². The predicted molar refractivity (Wildman–Crippen MR) is 129 cm³/mol. The zero-order valence-electron chi connectivity index (χ0n) is 18.4. The number of likely N-dealkylation sites (tertiary alicyclic amines) is 1. The molecule has 0 amide bonds. The van der Waals surface area contributed by atoms with Crippen LogP contribution < -0.4 is 9.64 Å². The number of piperidine rings is 1. The summed E-state index contributed by atoms with van der Waals surface area (Å²) in [5.41, 5.74) is 5.23. The van der Waals surface area contributed by atoms with Gasteiger partial charge in [-0.25, -0.2) is 0 Å². The van der Waals surface area contributed by atoms with Crippen LogP contribution in [0.4, 0.5) is 5.69 Å². The van der Waals surface area contributed by atoms with Gasteiger partial charge in [0.25, 0.3) is 0 Å². The van der Waals surface area contributed by atoms with E-state index in [4.69, 9.17) is 16.3 Å². The van der Waals surface area contributed by atoms with Gasteiger partial charge >= 0.3 is 0 Å². The van der Waals surface area contributed by atoms with E-state index in [-0.39, 0.29) is 0 Å². The van der Waals surface area contributed by atoms with E-state index < -0.39 is 0 Å². The molecule has 0 saturated carbocycles. The van der Waals surface area contributed by atoms with Crippen LogP contribution in [0.5, 0.6) is 5.75 Å². The first-order valence-electron chi connectivity index (χ1n) is 11.5. The topological polar surface area (TPSA) is 19.0 Å². The third-order valence-corrected chi connectivity index (χ3v) is 7.17. The average molecular weight is 438 g/mol. The number of halogens is 1. The first-order chi connectivity index (χ1) is 15.2. The van der Waals surface area contributed by atoms with Gasteiger partial charge < -0.3 is 9.64 Å². The van der Waals surface area contributed by atoms with E-state index in [2.05, 4.69) is 52.0 Å². The fraction of sp³-hybridized carbons (Fsp3) is 0.462. The molecule has 0 aliphatic carbocycles. The fourth-order valence-corrected chi connectivity index (χ4v) is 5.47. The van der Waals surface area contributed by atoms with E-state index in [1.54, 1.807) is 0 Å². The van der Waals surface area contributed by atoms with Crippen LogP contribution in [0.25, 0.3) is 6.08 Å². The van der Waals surface area contributed by atoms with Crippen molar-refractivity contribution < 1.29 is 4.74 Å². The molecule has 0 spiro atoms. The van der Waals surface area contributed by atoms with Crippen molar-refractivity contribution in [3.63, 3.8) is 0 Å². The van der Waals surface area contributed by atoms with E-state index >= 15 is 0 Å². The second kappa shape index (κ2) is 9.23. The molecule has 5 heteroatoms. The summed E-state index contributed by atoms with van der Waals surface area (Å²) in [6.07, 6.45) is 4.86. The maximum absolute atomic E-state index is 6.18. The van der Waals surface area contributed by atoms with E-state index in [0.717, 1.165) is 55.6 Å². The first kappa shape index (κ1) is 20.9. The molecule has 3 heterocycles. The first-order valence-corrected chi connectivity index (χ1v) is 11.9. The third-order valence-electron chi connectivity index (χ3n) is 6.94. The summed E-state index contributed by atoms with van der Waals surface area (Å²) < 4.78 is 5.97. The summed E-state index contributed by atoms with van der Waals surface area (Å²) in [6.45, 7) is 10.8. The van der Waals surface area contributed by atoms with Gasteiger partial charge in [0, 0.05) is 61.6 Å². The molecule has 2 aromatic rings. The molecule has 2 saturated heterocycles. The minimum Gasteiger partial charge on any atom is -0.489 e. The van der Waals surface area contributed by atoms with Gasteiger partial charge in [-0.1, -0.05) is 29.8 Å². The summed E-state index contributed by atoms with van der Waals surface area (Å²) in [6, 6.07) is 15.3. The maximum Gasteiger partial charge on any atom is 0.127 e. The number of rotatable bonds is 4. The summed E-state index contributed by atoms with van der Waals surface area (Å²) in [4.78, 5) is 7.90. The van der Waals surface area contributed by atoms with Crippen molar-refractivity contribution >= 4 is 23.4 Å². The lowest BCUT2D eigenvalue weighted by atomic mass is 10.0. The molecule has 1 unspecified atom stereocenters. The van der Waals surface area contributed by atoms with Crippen LogP contribution in [0, 0.1) is 6.92 Å². The number of ether oxygens (including phenoxy) is 1.